The van der Waals surface area contributed by atoms with Gasteiger partial charge in [-0.05, 0) is 31.1 Å². The van der Waals surface area contributed by atoms with Gasteiger partial charge in [0.15, 0.2) is 0 Å². The van der Waals surface area contributed by atoms with Gasteiger partial charge in [0, 0.05) is 20.1 Å². The number of nitrogens with one attached hydrogen (secondary N) is 1. The highest BCUT2D eigenvalue weighted by Gasteiger charge is 2.28. The van der Waals surface area contributed by atoms with Gasteiger partial charge in [-0.1, -0.05) is 13.8 Å². The highest BCUT2D eigenvalue weighted by atomic mass is 32.2. The molecule has 1 fully saturated rings. The van der Waals surface area contributed by atoms with Crippen molar-refractivity contribution < 1.29 is 8.42 Å². The van der Waals surface area contributed by atoms with Gasteiger partial charge >= 0.3 is 0 Å². The Morgan fingerprint density at radius 3 is 2.48 bits per heavy atom. The Kier molecular flexibility index (Phi) is 5.16. The summed E-state index contributed by atoms with van der Waals surface area (Å²) in [7, 11) is -1.78. The van der Waals surface area contributed by atoms with Crippen molar-refractivity contribution in [1.29, 1.82) is 0 Å². The molecule has 1 aliphatic heterocycles. The van der Waals surface area contributed by atoms with E-state index in [9.17, 15) is 8.42 Å². The van der Waals surface area contributed by atoms with Crippen LogP contribution in [0.5, 0.6) is 0 Å². The molecule has 0 saturated carbocycles. The summed E-state index contributed by atoms with van der Waals surface area (Å²) in [4.78, 5) is 8.16. The zero-order valence-corrected chi connectivity index (χ0v) is 13.7. The lowest BCUT2D eigenvalue weighted by atomic mass is 9.89. The standard InChI is InChI=1S/C14H24N4O2S/c1-11(2)12-5-4-7-18(8-6-12)21(19,20)13-9-16-14(15-3)17-10-13/h9-12H,4-8H2,1-3H3,(H,15,16,17). The van der Waals surface area contributed by atoms with Crippen LogP contribution < -0.4 is 5.32 Å². The van der Waals surface area contributed by atoms with Gasteiger partial charge in [-0.2, -0.15) is 4.31 Å². The monoisotopic (exact) mass is 312 g/mol. The molecule has 1 aliphatic rings. The van der Waals surface area contributed by atoms with Crippen molar-refractivity contribution in [3.8, 4) is 0 Å². The molecule has 1 atom stereocenters. The molecule has 0 radical (unpaired) electrons. The van der Waals surface area contributed by atoms with Gasteiger partial charge < -0.3 is 5.32 Å². The first-order chi connectivity index (χ1) is 9.95. The van der Waals surface area contributed by atoms with Crippen LogP contribution in [-0.4, -0.2) is 42.8 Å². The zero-order chi connectivity index (χ0) is 15.5. The second-order valence-corrected chi connectivity index (χ2v) is 7.77. The van der Waals surface area contributed by atoms with Gasteiger partial charge in [0.05, 0.1) is 12.4 Å². The average molecular weight is 312 g/mol. The number of sulfonamides is 1. The maximum Gasteiger partial charge on any atom is 0.246 e. The second-order valence-electron chi connectivity index (χ2n) is 5.83. The van der Waals surface area contributed by atoms with Crippen molar-refractivity contribution in [1.82, 2.24) is 14.3 Å². The van der Waals surface area contributed by atoms with Crippen LogP contribution in [-0.2, 0) is 10.0 Å². The Morgan fingerprint density at radius 2 is 1.90 bits per heavy atom. The molecule has 21 heavy (non-hydrogen) atoms. The fourth-order valence-electron chi connectivity index (χ4n) is 2.73. The molecule has 1 saturated heterocycles. The molecule has 1 aromatic heterocycles. The quantitative estimate of drug-likeness (QED) is 0.920. The van der Waals surface area contributed by atoms with Crippen LogP contribution in [0.25, 0.3) is 0 Å². The normalized spacial score (nSPS) is 21.2. The number of anilines is 1. The Labute approximate surface area is 127 Å². The van der Waals surface area contributed by atoms with Crippen LogP contribution in [0.3, 0.4) is 0 Å². The van der Waals surface area contributed by atoms with Crippen molar-refractivity contribution >= 4 is 16.0 Å². The predicted molar refractivity (Wildman–Crippen MR) is 82.5 cm³/mol. The molecule has 118 valence electrons. The van der Waals surface area contributed by atoms with Gasteiger partial charge in [-0.15, -0.1) is 0 Å². The molecule has 0 aromatic carbocycles. The summed E-state index contributed by atoms with van der Waals surface area (Å²) in [6, 6.07) is 0. The minimum Gasteiger partial charge on any atom is -0.357 e. The molecule has 0 aliphatic carbocycles. The molecular formula is C14H24N4O2S. The Bertz CT molecular complexity index is 557. The fourth-order valence-corrected chi connectivity index (χ4v) is 4.12. The third-order valence-corrected chi connectivity index (χ3v) is 6.02. The minimum absolute atomic E-state index is 0.171. The molecule has 0 spiro atoms. The lowest BCUT2D eigenvalue weighted by Gasteiger charge is -2.21. The molecule has 1 N–H and O–H groups in total. The molecular weight excluding hydrogens is 288 g/mol. The molecule has 1 aromatic rings. The maximum absolute atomic E-state index is 12.6. The predicted octanol–water partition coefficient (Wildman–Crippen LogP) is 1.97. The number of hydrogen-bond acceptors (Lipinski definition) is 5. The van der Waals surface area contributed by atoms with E-state index in [1.807, 2.05) is 0 Å². The van der Waals surface area contributed by atoms with E-state index in [0.717, 1.165) is 19.3 Å². The average Bonchev–Trinajstić information content (AvgIpc) is 2.73. The first-order valence-electron chi connectivity index (χ1n) is 7.45. The second kappa shape index (κ2) is 6.70. The first-order valence-corrected chi connectivity index (χ1v) is 8.89. The maximum atomic E-state index is 12.6. The third-order valence-electron chi connectivity index (χ3n) is 4.16. The summed E-state index contributed by atoms with van der Waals surface area (Å²) >= 11 is 0. The SMILES string of the molecule is CNc1ncc(S(=O)(=O)N2CCCC(C(C)C)CC2)cn1. The van der Waals surface area contributed by atoms with Gasteiger partial charge in [0.25, 0.3) is 0 Å². The van der Waals surface area contributed by atoms with Crippen LogP contribution in [0.1, 0.15) is 33.1 Å². The number of rotatable bonds is 4. The molecule has 2 rings (SSSR count). The highest BCUT2D eigenvalue weighted by molar-refractivity contribution is 7.89. The van der Waals surface area contributed by atoms with E-state index in [1.165, 1.54) is 12.4 Å². The van der Waals surface area contributed by atoms with E-state index in [0.29, 0.717) is 30.9 Å². The van der Waals surface area contributed by atoms with Crippen LogP contribution in [0, 0.1) is 11.8 Å². The van der Waals surface area contributed by atoms with Gasteiger partial charge in [-0.3, -0.25) is 0 Å². The van der Waals surface area contributed by atoms with Crippen LogP contribution in [0.4, 0.5) is 5.95 Å². The minimum atomic E-state index is -3.48. The topological polar surface area (TPSA) is 75.2 Å². The first kappa shape index (κ1) is 16.2. The third kappa shape index (κ3) is 3.71. The van der Waals surface area contributed by atoms with Crippen molar-refractivity contribution in [3.63, 3.8) is 0 Å². The summed E-state index contributed by atoms with van der Waals surface area (Å²) < 4.78 is 26.9. The summed E-state index contributed by atoms with van der Waals surface area (Å²) in [5.74, 6) is 1.63. The summed E-state index contributed by atoms with van der Waals surface area (Å²) in [6.07, 6.45) is 5.68. The Balaban J connectivity index is 2.15. The molecule has 2 heterocycles. The van der Waals surface area contributed by atoms with E-state index in [1.54, 1.807) is 11.4 Å². The number of aromatic nitrogens is 2. The van der Waals surface area contributed by atoms with Crippen molar-refractivity contribution in [2.75, 3.05) is 25.5 Å². The van der Waals surface area contributed by atoms with Crippen molar-refractivity contribution in [2.24, 2.45) is 11.8 Å². The van der Waals surface area contributed by atoms with E-state index in [-0.39, 0.29) is 4.90 Å². The Morgan fingerprint density at radius 1 is 1.24 bits per heavy atom. The summed E-state index contributed by atoms with van der Waals surface area (Å²) in [5, 5.41) is 2.78. The van der Waals surface area contributed by atoms with Crippen LogP contribution in [0.15, 0.2) is 17.3 Å². The summed E-state index contributed by atoms with van der Waals surface area (Å²) in [5.41, 5.74) is 0. The van der Waals surface area contributed by atoms with Gasteiger partial charge in [-0.25, -0.2) is 18.4 Å². The Hall–Kier alpha value is -1.21. The van der Waals surface area contributed by atoms with Crippen LogP contribution in [0.2, 0.25) is 0 Å². The smallest absolute Gasteiger partial charge is 0.246 e. The lowest BCUT2D eigenvalue weighted by Crippen LogP contribution is -2.32. The molecule has 0 amide bonds. The van der Waals surface area contributed by atoms with E-state index in [4.69, 9.17) is 0 Å². The molecule has 1 unspecified atom stereocenters. The van der Waals surface area contributed by atoms with Crippen molar-refractivity contribution in [2.45, 2.75) is 38.0 Å². The number of hydrogen-bond donors (Lipinski definition) is 1. The van der Waals surface area contributed by atoms with Gasteiger partial charge in [0.1, 0.15) is 4.90 Å². The highest BCUT2D eigenvalue weighted by Crippen LogP contribution is 2.27. The lowest BCUT2D eigenvalue weighted by molar-refractivity contribution is 0.340. The molecule has 7 heteroatoms. The zero-order valence-electron chi connectivity index (χ0n) is 12.9. The number of nitrogens with zero attached hydrogens (tertiary/aromatic N) is 3. The largest absolute Gasteiger partial charge is 0.357 e. The summed E-state index contributed by atoms with van der Waals surface area (Å²) in [6.45, 7) is 5.58. The fraction of sp³-hybridized carbons (Fsp3) is 0.714. The molecule has 0 bridgehead atoms. The van der Waals surface area contributed by atoms with E-state index in [2.05, 4.69) is 29.1 Å². The van der Waals surface area contributed by atoms with Crippen molar-refractivity contribution in [3.05, 3.63) is 12.4 Å². The van der Waals surface area contributed by atoms with Crippen LogP contribution >= 0.6 is 0 Å². The van der Waals surface area contributed by atoms with E-state index < -0.39 is 10.0 Å². The van der Waals surface area contributed by atoms with E-state index >= 15 is 0 Å². The molecule has 6 nitrogen and oxygen atoms in total. The van der Waals surface area contributed by atoms with Gasteiger partial charge in [0.2, 0.25) is 16.0 Å².